The highest BCUT2D eigenvalue weighted by atomic mass is 19.3. The van der Waals surface area contributed by atoms with Gasteiger partial charge in [0.15, 0.2) is 0 Å². The molecule has 1 atom stereocenters. The predicted octanol–water partition coefficient (Wildman–Crippen LogP) is 3.83. The van der Waals surface area contributed by atoms with Gasteiger partial charge in [0.05, 0.1) is 12.7 Å². The lowest BCUT2D eigenvalue weighted by Crippen LogP contribution is -2.39. The van der Waals surface area contributed by atoms with Crippen LogP contribution in [0.25, 0.3) is 11.1 Å². The highest BCUT2D eigenvalue weighted by Gasteiger charge is 2.20. The summed E-state index contributed by atoms with van der Waals surface area (Å²) in [5.74, 6) is 0.104. The van der Waals surface area contributed by atoms with E-state index in [1.807, 2.05) is 31.3 Å². The molecule has 3 heterocycles. The Labute approximate surface area is 171 Å². The number of carbonyl (C=O) groups excluding carboxylic acids is 1. The minimum absolute atomic E-state index is 0.104. The first-order valence-electron chi connectivity index (χ1n) is 9.43. The molecule has 4 rings (SSSR count). The van der Waals surface area contributed by atoms with Crippen molar-refractivity contribution in [1.82, 2.24) is 25.1 Å². The van der Waals surface area contributed by atoms with E-state index in [0.717, 1.165) is 23.1 Å². The third-order valence-electron chi connectivity index (χ3n) is 4.60. The second-order valence-corrected chi connectivity index (χ2v) is 7.01. The smallest absolute Gasteiger partial charge is 0.407 e. The highest BCUT2D eigenvalue weighted by molar-refractivity contribution is 5.70. The standard InChI is InChI=1S/C20H20F2N6O2/c1-12-6-13(8-15(7-12)26-19-23-5-3-17(27-19)18(21)22)14-9-25-28(10-14)11-16-2-4-24-20(29)30-16/h3,5-10,16,18H,2,4,11H2,1H3,(H,24,29)(H,23,26,27)/t16-/m1/s1. The number of rotatable bonds is 6. The number of alkyl carbamates (subject to hydrolysis) is 1. The Morgan fingerprint density at radius 2 is 2.20 bits per heavy atom. The maximum atomic E-state index is 12.9. The first-order valence-corrected chi connectivity index (χ1v) is 9.43. The van der Waals surface area contributed by atoms with Crippen molar-refractivity contribution in [3.8, 4) is 11.1 Å². The van der Waals surface area contributed by atoms with Gasteiger partial charge in [-0.25, -0.2) is 23.5 Å². The Hall–Kier alpha value is -3.56. The molecule has 0 bridgehead atoms. The number of ether oxygens (including phenoxy) is 1. The van der Waals surface area contributed by atoms with Crippen LogP contribution in [-0.4, -0.2) is 38.5 Å². The maximum absolute atomic E-state index is 12.9. The molecule has 1 saturated heterocycles. The van der Waals surface area contributed by atoms with Gasteiger partial charge < -0.3 is 15.4 Å². The Kier molecular flexibility index (Phi) is 5.55. The van der Waals surface area contributed by atoms with Crippen LogP contribution in [0.3, 0.4) is 0 Å². The van der Waals surface area contributed by atoms with Crippen molar-refractivity contribution in [2.75, 3.05) is 11.9 Å². The number of cyclic esters (lactones) is 1. The van der Waals surface area contributed by atoms with Gasteiger partial charge in [-0.05, 0) is 36.2 Å². The quantitative estimate of drug-likeness (QED) is 0.637. The van der Waals surface area contributed by atoms with Gasteiger partial charge in [0.25, 0.3) is 6.43 Å². The lowest BCUT2D eigenvalue weighted by atomic mass is 10.1. The molecule has 2 N–H and O–H groups in total. The summed E-state index contributed by atoms with van der Waals surface area (Å²) in [6.45, 7) is 2.99. The molecule has 2 aromatic heterocycles. The first-order chi connectivity index (χ1) is 14.5. The lowest BCUT2D eigenvalue weighted by Gasteiger charge is -2.22. The summed E-state index contributed by atoms with van der Waals surface area (Å²) < 4.78 is 32.7. The summed E-state index contributed by atoms with van der Waals surface area (Å²) in [5, 5.41) is 9.96. The Morgan fingerprint density at radius 1 is 1.33 bits per heavy atom. The number of anilines is 2. The van der Waals surface area contributed by atoms with Gasteiger partial charge in [0, 0.05) is 36.6 Å². The van der Waals surface area contributed by atoms with Gasteiger partial charge in [-0.15, -0.1) is 0 Å². The summed E-state index contributed by atoms with van der Waals surface area (Å²) in [4.78, 5) is 19.2. The van der Waals surface area contributed by atoms with E-state index < -0.39 is 12.5 Å². The number of halogens is 2. The van der Waals surface area contributed by atoms with Crippen LogP contribution in [0, 0.1) is 6.92 Å². The van der Waals surface area contributed by atoms with E-state index in [0.29, 0.717) is 18.8 Å². The van der Waals surface area contributed by atoms with Crippen LogP contribution in [0.1, 0.15) is 24.1 Å². The second-order valence-electron chi connectivity index (χ2n) is 7.01. The van der Waals surface area contributed by atoms with Gasteiger partial charge in [-0.2, -0.15) is 5.10 Å². The van der Waals surface area contributed by atoms with Crippen LogP contribution in [0.2, 0.25) is 0 Å². The summed E-state index contributed by atoms with van der Waals surface area (Å²) in [6, 6.07) is 6.93. The number of hydrogen-bond donors (Lipinski definition) is 2. The molecule has 0 spiro atoms. The monoisotopic (exact) mass is 414 g/mol. The molecule has 30 heavy (non-hydrogen) atoms. The third-order valence-corrected chi connectivity index (χ3v) is 4.60. The Bertz CT molecular complexity index is 1060. The van der Waals surface area contributed by atoms with Crippen molar-refractivity contribution in [3.05, 3.63) is 54.1 Å². The van der Waals surface area contributed by atoms with E-state index in [2.05, 4.69) is 25.7 Å². The molecule has 0 saturated carbocycles. The number of alkyl halides is 2. The molecular weight excluding hydrogens is 394 g/mol. The molecular formula is C20H20F2N6O2. The fraction of sp³-hybridized carbons (Fsp3) is 0.300. The average Bonchev–Trinajstić information content (AvgIpc) is 3.16. The van der Waals surface area contributed by atoms with E-state index >= 15 is 0 Å². The summed E-state index contributed by atoms with van der Waals surface area (Å²) in [6.07, 6.45) is 2.33. The number of nitrogens with one attached hydrogen (secondary N) is 2. The number of nitrogens with zero attached hydrogens (tertiary/aromatic N) is 4. The van der Waals surface area contributed by atoms with Gasteiger partial charge in [-0.3, -0.25) is 4.68 Å². The Morgan fingerprint density at radius 3 is 3.00 bits per heavy atom. The fourth-order valence-corrected chi connectivity index (χ4v) is 3.24. The third kappa shape index (κ3) is 4.70. The highest BCUT2D eigenvalue weighted by Crippen LogP contribution is 2.26. The molecule has 156 valence electrons. The minimum atomic E-state index is -2.66. The van der Waals surface area contributed by atoms with Gasteiger partial charge in [0.2, 0.25) is 5.95 Å². The zero-order valence-electron chi connectivity index (χ0n) is 16.2. The molecule has 10 heteroatoms. The summed E-state index contributed by atoms with van der Waals surface area (Å²) >= 11 is 0. The molecule has 0 aliphatic carbocycles. The van der Waals surface area contributed by atoms with Crippen molar-refractivity contribution in [1.29, 1.82) is 0 Å². The predicted molar refractivity (Wildman–Crippen MR) is 106 cm³/mol. The van der Waals surface area contributed by atoms with Crippen molar-refractivity contribution in [2.24, 2.45) is 0 Å². The molecule has 1 aliphatic rings. The molecule has 1 fully saturated rings. The number of hydrogen-bond acceptors (Lipinski definition) is 6. The van der Waals surface area contributed by atoms with Gasteiger partial charge in [-0.1, -0.05) is 6.07 Å². The van der Waals surface area contributed by atoms with Crippen LogP contribution in [0.5, 0.6) is 0 Å². The maximum Gasteiger partial charge on any atom is 0.407 e. The average molecular weight is 414 g/mol. The molecule has 8 nitrogen and oxygen atoms in total. The van der Waals surface area contributed by atoms with Crippen molar-refractivity contribution < 1.29 is 18.3 Å². The Balaban J connectivity index is 1.51. The normalized spacial score (nSPS) is 16.3. The van der Waals surface area contributed by atoms with Crippen LogP contribution in [-0.2, 0) is 11.3 Å². The molecule has 1 aromatic carbocycles. The zero-order valence-corrected chi connectivity index (χ0v) is 16.2. The summed E-state index contributed by atoms with van der Waals surface area (Å²) in [7, 11) is 0. The SMILES string of the molecule is Cc1cc(Nc2nccc(C(F)F)n2)cc(-c2cnn(C[C@H]3CCNC(=O)O3)c2)c1. The largest absolute Gasteiger partial charge is 0.444 e. The van der Waals surface area contributed by atoms with Crippen LogP contribution >= 0.6 is 0 Å². The van der Waals surface area contributed by atoms with E-state index in [1.165, 1.54) is 12.3 Å². The molecule has 1 aliphatic heterocycles. The van der Waals surface area contributed by atoms with Gasteiger partial charge >= 0.3 is 6.09 Å². The lowest BCUT2D eigenvalue weighted by molar-refractivity contribution is 0.0623. The van der Waals surface area contributed by atoms with Crippen molar-refractivity contribution >= 4 is 17.7 Å². The number of carbonyl (C=O) groups is 1. The number of benzene rings is 1. The van der Waals surface area contributed by atoms with Crippen LogP contribution < -0.4 is 10.6 Å². The second kappa shape index (κ2) is 8.44. The van der Waals surface area contributed by atoms with Crippen molar-refractivity contribution in [2.45, 2.75) is 32.4 Å². The van der Waals surface area contributed by atoms with Crippen LogP contribution in [0.15, 0.2) is 42.9 Å². The number of amides is 1. The summed E-state index contributed by atoms with van der Waals surface area (Å²) in [5.41, 5.74) is 3.09. The van der Waals surface area contributed by atoms with E-state index in [9.17, 15) is 13.6 Å². The van der Waals surface area contributed by atoms with E-state index in [4.69, 9.17) is 4.74 Å². The van der Waals surface area contributed by atoms with Crippen LogP contribution in [0.4, 0.5) is 25.2 Å². The van der Waals surface area contributed by atoms with E-state index in [1.54, 1.807) is 10.9 Å². The van der Waals surface area contributed by atoms with E-state index in [-0.39, 0.29) is 17.7 Å². The number of aryl methyl sites for hydroxylation is 1. The first kappa shape index (κ1) is 19.7. The molecule has 0 unspecified atom stereocenters. The molecule has 1 amide bonds. The van der Waals surface area contributed by atoms with Gasteiger partial charge in [0.1, 0.15) is 11.8 Å². The fourth-order valence-electron chi connectivity index (χ4n) is 3.24. The number of aromatic nitrogens is 4. The zero-order chi connectivity index (χ0) is 21.1. The van der Waals surface area contributed by atoms with Crippen molar-refractivity contribution in [3.63, 3.8) is 0 Å². The topological polar surface area (TPSA) is 94.0 Å². The minimum Gasteiger partial charge on any atom is -0.444 e. The molecule has 0 radical (unpaired) electrons. The molecule has 3 aromatic rings.